The van der Waals surface area contributed by atoms with Crippen molar-refractivity contribution < 1.29 is 14.3 Å². The summed E-state index contributed by atoms with van der Waals surface area (Å²) >= 11 is 7.46. The minimum absolute atomic E-state index is 0.553. The molecular weight excluding hydrogens is 296 g/mol. The van der Waals surface area contributed by atoms with Crippen LogP contribution in [-0.4, -0.2) is 19.5 Å². The van der Waals surface area contributed by atoms with Crippen molar-refractivity contribution in [1.82, 2.24) is 0 Å². The van der Waals surface area contributed by atoms with Crippen molar-refractivity contribution in [1.29, 1.82) is 0 Å². The minimum Gasteiger partial charge on any atom is -0.486 e. The summed E-state index contributed by atoms with van der Waals surface area (Å²) in [5, 5.41) is 0.607. The summed E-state index contributed by atoms with van der Waals surface area (Å²) < 4.78 is 11.0. The summed E-state index contributed by atoms with van der Waals surface area (Å²) in [5.74, 6) is 1.48. The molecule has 0 saturated carbocycles. The Kier molecular flexibility index (Phi) is 3.85. The van der Waals surface area contributed by atoms with E-state index in [1.807, 2.05) is 18.2 Å². The van der Waals surface area contributed by atoms with Crippen LogP contribution in [0.5, 0.6) is 11.5 Å². The van der Waals surface area contributed by atoms with Crippen molar-refractivity contribution in [2.75, 3.05) is 13.2 Å². The Hall–Kier alpha value is -1.65. The quantitative estimate of drug-likeness (QED) is 0.801. The van der Waals surface area contributed by atoms with Gasteiger partial charge >= 0.3 is 0 Å². The summed E-state index contributed by atoms with van der Waals surface area (Å²) in [4.78, 5) is 12.9. The summed E-state index contributed by atoms with van der Waals surface area (Å²) in [6, 6.07) is 10.9. The first-order chi connectivity index (χ1) is 9.76. The molecule has 5 heteroatoms. The van der Waals surface area contributed by atoms with Crippen LogP contribution in [0.2, 0.25) is 5.02 Å². The molecule has 1 aliphatic heterocycles. The van der Waals surface area contributed by atoms with Crippen LogP contribution in [-0.2, 0) is 0 Å². The van der Waals surface area contributed by atoms with E-state index in [2.05, 4.69) is 0 Å². The molecule has 0 fully saturated rings. The molecule has 20 heavy (non-hydrogen) atoms. The lowest BCUT2D eigenvalue weighted by Crippen LogP contribution is -2.15. The van der Waals surface area contributed by atoms with Crippen LogP contribution >= 0.6 is 23.4 Å². The molecule has 0 aliphatic carbocycles. The number of carbonyl (C=O) groups is 1. The zero-order valence-electron chi connectivity index (χ0n) is 10.5. The third-order valence-electron chi connectivity index (χ3n) is 2.84. The van der Waals surface area contributed by atoms with E-state index in [0.717, 1.165) is 27.6 Å². The maximum Gasteiger partial charge on any atom is 0.162 e. The Balaban J connectivity index is 1.91. The maximum atomic E-state index is 11.1. The summed E-state index contributed by atoms with van der Waals surface area (Å²) in [7, 11) is 0. The van der Waals surface area contributed by atoms with Gasteiger partial charge in [0.2, 0.25) is 0 Å². The highest BCUT2D eigenvalue weighted by atomic mass is 35.5. The van der Waals surface area contributed by atoms with Crippen molar-refractivity contribution in [3.8, 4) is 11.5 Å². The molecular formula is C15H11ClO3S. The van der Waals surface area contributed by atoms with E-state index in [9.17, 15) is 4.79 Å². The largest absolute Gasteiger partial charge is 0.486 e. The van der Waals surface area contributed by atoms with Crippen LogP contribution in [0.15, 0.2) is 46.2 Å². The van der Waals surface area contributed by atoms with Crippen molar-refractivity contribution in [3.63, 3.8) is 0 Å². The summed E-state index contributed by atoms with van der Waals surface area (Å²) in [6.07, 6.45) is 0.830. The van der Waals surface area contributed by atoms with Gasteiger partial charge < -0.3 is 9.47 Å². The average molecular weight is 307 g/mol. The lowest BCUT2D eigenvalue weighted by Gasteiger charge is -2.18. The predicted molar refractivity (Wildman–Crippen MR) is 78.4 cm³/mol. The standard InChI is InChI=1S/C15H11ClO3S/c16-11-2-1-10(9-17)15(7-11)20-12-3-4-13-14(8-12)19-6-5-18-13/h1-4,7-9H,5-6H2. The van der Waals surface area contributed by atoms with Crippen molar-refractivity contribution >= 4 is 29.6 Å². The highest BCUT2D eigenvalue weighted by Gasteiger charge is 2.13. The molecule has 1 heterocycles. The number of halogens is 1. The molecule has 0 radical (unpaired) electrons. The Morgan fingerprint density at radius 2 is 1.85 bits per heavy atom. The fourth-order valence-corrected chi connectivity index (χ4v) is 3.12. The normalized spacial score (nSPS) is 13.1. The molecule has 0 amide bonds. The van der Waals surface area contributed by atoms with E-state index in [-0.39, 0.29) is 0 Å². The topological polar surface area (TPSA) is 35.5 Å². The number of benzene rings is 2. The highest BCUT2D eigenvalue weighted by molar-refractivity contribution is 7.99. The summed E-state index contributed by atoms with van der Waals surface area (Å²) in [5.41, 5.74) is 0.620. The maximum absolute atomic E-state index is 11.1. The summed E-state index contributed by atoms with van der Waals surface area (Å²) in [6.45, 7) is 1.13. The molecule has 0 unspecified atom stereocenters. The second-order valence-electron chi connectivity index (χ2n) is 4.21. The van der Waals surface area contributed by atoms with Gasteiger partial charge in [-0.25, -0.2) is 0 Å². The second kappa shape index (κ2) is 5.77. The van der Waals surface area contributed by atoms with Gasteiger partial charge in [-0.05, 0) is 36.4 Å². The van der Waals surface area contributed by atoms with Gasteiger partial charge in [-0.3, -0.25) is 4.79 Å². The molecule has 2 aromatic rings. The van der Waals surface area contributed by atoms with Crippen molar-refractivity contribution in [2.45, 2.75) is 9.79 Å². The van der Waals surface area contributed by atoms with E-state index in [1.165, 1.54) is 11.8 Å². The van der Waals surface area contributed by atoms with E-state index in [0.29, 0.717) is 23.8 Å². The van der Waals surface area contributed by atoms with Crippen LogP contribution in [0.25, 0.3) is 0 Å². The fourth-order valence-electron chi connectivity index (χ4n) is 1.91. The molecule has 0 aromatic heterocycles. The molecule has 0 saturated heterocycles. The van der Waals surface area contributed by atoms with Crippen LogP contribution in [0, 0.1) is 0 Å². The molecule has 0 N–H and O–H groups in total. The van der Waals surface area contributed by atoms with Gasteiger partial charge in [0.1, 0.15) is 13.2 Å². The average Bonchev–Trinajstić information content (AvgIpc) is 2.47. The van der Waals surface area contributed by atoms with Gasteiger partial charge in [-0.1, -0.05) is 23.4 Å². The van der Waals surface area contributed by atoms with E-state index < -0.39 is 0 Å². The van der Waals surface area contributed by atoms with Gasteiger partial charge in [-0.15, -0.1) is 0 Å². The number of ether oxygens (including phenoxy) is 2. The van der Waals surface area contributed by atoms with Gasteiger partial charge in [0, 0.05) is 20.4 Å². The van der Waals surface area contributed by atoms with Crippen LogP contribution in [0.1, 0.15) is 10.4 Å². The molecule has 0 atom stereocenters. The van der Waals surface area contributed by atoms with Crippen LogP contribution < -0.4 is 9.47 Å². The van der Waals surface area contributed by atoms with Crippen molar-refractivity contribution in [2.24, 2.45) is 0 Å². The Bertz CT molecular complexity index is 658. The lowest BCUT2D eigenvalue weighted by molar-refractivity contribution is 0.112. The third-order valence-corrected chi connectivity index (χ3v) is 4.14. The smallest absolute Gasteiger partial charge is 0.162 e. The molecule has 2 aromatic carbocycles. The van der Waals surface area contributed by atoms with Crippen LogP contribution in [0.3, 0.4) is 0 Å². The second-order valence-corrected chi connectivity index (χ2v) is 5.76. The van der Waals surface area contributed by atoms with Crippen LogP contribution in [0.4, 0.5) is 0 Å². The number of hydrogen-bond donors (Lipinski definition) is 0. The Labute approximate surface area is 125 Å². The van der Waals surface area contributed by atoms with Crippen molar-refractivity contribution in [3.05, 3.63) is 47.0 Å². The van der Waals surface area contributed by atoms with Gasteiger partial charge in [0.05, 0.1) is 0 Å². The monoisotopic (exact) mass is 306 g/mol. The first-order valence-electron chi connectivity index (χ1n) is 6.08. The van der Waals surface area contributed by atoms with E-state index >= 15 is 0 Å². The third kappa shape index (κ3) is 2.76. The van der Waals surface area contributed by atoms with E-state index in [4.69, 9.17) is 21.1 Å². The number of aldehydes is 1. The number of rotatable bonds is 3. The van der Waals surface area contributed by atoms with Gasteiger partial charge in [0.15, 0.2) is 17.8 Å². The SMILES string of the molecule is O=Cc1ccc(Cl)cc1Sc1ccc2c(c1)OCCO2. The molecule has 3 nitrogen and oxygen atoms in total. The highest BCUT2D eigenvalue weighted by Crippen LogP contribution is 2.38. The van der Waals surface area contributed by atoms with Gasteiger partial charge in [0.25, 0.3) is 0 Å². The Morgan fingerprint density at radius 1 is 1.05 bits per heavy atom. The molecule has 0 spiro atoms. The zero-order valence-corrected chi connectivity index (χ0v) is 12.0. The number of carbonyl (C=O) groups excluding carboxylic acids is 1. The first kappa shape index (κ1) is 13.3. The fraction of sp³-hybridized carbons (Fsp3) is 0.133. The number of fused-ring (bicyclic) bond motifs is 1. The first-order valence-corrected chi connectivity index (χ1v) is 7.28. The molecule has 0 bridgehead atoms. The molecule has 1 aliphatic rings. The minimum atomic E-state index is 0.553. The van der Waals surface area contributed by atoms with Gasteiger partial charge in [-0.2, -0.15) is 0 Å². The molecule has 3 rings (SSSR count). The predicted octanol–water partition coefficient (Wildman–Crippen LogP) is 4.07. The number of hydrogen-bond acceptors (Lipinski definition) is 4. The zero-order chi connectivity index (χ0) is 13.9. The molecule has 102 valence electrons. The van der Waals surface area contributed by atoms with E-state index in [1.54, 1.807) is 18.2 Å². The Morgan fingerprint density at radius 3 is 2.65 bits per heavy atom. The lowest BCUT2D eigenvalue weighted by atomic mass is 10.2.